The van der Waals surface area contributed by atoms with Gasteiger partial charge in [-0.2, -0.15) is 17.6 Å². The van der Waals surface area contributed by atoms with Gasteiger partial charge in [-0.3, -0.25) is 4.57 Å². The lowest BCUT2D eigenvalue weighted by Gasteiger charge is -2.16. The van der Waals surface area contributed by atoms with Crippen LogP contribution >= 0.6 is 12.6 Å². The molecule has 0 spiro atoms. The highest BCUT2D eigenvalue weighted by atomic mass is 32.1. The van der Waals surface area contributed by atoms with E-state index in [4.69, 9.17) is 0 Å². The van der Waals surface area contributed by atoms with Crippen molar-refractivity contribution in [3.63, 3.8) is 0 Å². The number of rotatable bonds is 3. The van der Waals surface area contributed by atoms with Gasteiger partial charge in [-0.1, -0.05) is 0 Å². The predicted molar refractivity (Wildman–Crippen MR) is 63.5 cm³/mol. The van der Waals surface area contributed by atoms with Crippen molar-refractivity contribution in [1.29, 1.82) is 0 Å². The fraction of sp³-hybridized carbons (Fsp3) is 0.636. The molecule has 0 atom stereocenters. The fourth-order valence-corrected chi connectivity index (χ4v) is 2.26. The molecule has 1 heterocycles. The Bertz CT molecular complexity index is 435. The molecule has 0 saturated heterocycles. The normalized spacial score (nSPS) is 17.8. The van der Waals surface area contributed by atoms with E-state index in [1.807, 2.05) is 19.9 Å². The van der Waals surface area contributed by atoms with Crippen molar-refractivity contribution in [2.45, 2.75) is 33.2 Å². The van der Waals surface area contributed by atoms with E-state index < -0.39 is 0 Å². The number of aromatic nitrogens is 2. The standard InChI is InChI=1S/C11H16N2OS/c1-8-5-9(2)13(10(14)12-8)6-11(7-15)3-4-11/h5,15H,3-4,6-7H2,1-2H3. The Morgan fingerprint density at radius 1 is 1.53 bits per heavy atom. The number of nitrogens with zero attached hydrogens (tertiary/aromatic N) is 2. The molecule has 1 fully saturated rings. The predicted octanol–water partition coefficient (Wildman–Crippen LogP) is 1.57. The molecule has 1 aromatic rings. The van der Waals surface area contributed by atoms with Crippen LogP contribution in [0.5, 0.6) is 0 Å². The van der Waals surface area contributed by atoms with Gasteiger partial charge in [-0.05, 0) is 43.9 Å². The van der Waals surface area contributed by atoms with Gasteiger partial charge in [0.25, 0.3) is 0 Å². The molecule has 15 heavy (non-hydrogen) atoms. The monoisotopic (exact) mass is 224 g/mol. The molecule has 3 nitrogen and oxygen atoms in total. The molecule has 0 aromatic carbocycles. The Morgan fingerprint density at radius 2 is 2.20 bits per heavy atom. The Labute approximate surface area is 94.9 Å². The molecular weight excluding hydrogens is 208 g/mol. The molecule has 1 saturated carbocycles. The molecule has 0 bridgehead atoms. The molecule has 1 aliphatic rings. The van der Waals surface area contributed by atoms with Gasteiger partial charge in [0.2, 0.25) is 0 Å². The summed E-state index contributed by atoms with van der Waals surface area (Å²) < 4.78 is 1.77. The Kier molecular flexibility index (Phi) is 2.63. The molecule has 82 valence electrons. The minimum absolute atomic E-state index is 0.124. The Hall–Kier alpha value is -0.770. The first-order valence-corrected chi connectivity index (χ1v) is 5.86. The van der Waals surface area contributed by atoms with Crippen molar-refractivity contribution in [1.82, 2.24) is 9.55 Å². The van der Waals surface area contributed by atoms with Crippen molar-refractivity contribution < 1.29 is 0 Å². The lowest BCUT2D eigenvalue weighted by Crippen LogP contribution is -2.29. The van der Waals surface area contributed by atoms with E-state index in [0.717, 1.165) is 23.7 Å². The second-order valence-corrected chi connectivity index (χ2v) is 4.88. The zero-order valence-corrected chi connectivity index (χ0v) is 10.1. The van der Waals surface area contributed by atoms with Crippen molar-refractivity contribution in [2.24, 2.45) is 5.41 Å². The van der Waals surface area contributed by atoms with E-state index in [2.05, 4.69) is 17.6 Å². The van der Waals surface area contributed by atoms with E-state index in [1.54, 1.807) is 4.57 Å². The Morgan fingerprint density at radius 3 is 2.67 bits per heavy atom. The minimum atomic E-state index is -0.124. The minimum Gasteiger partial charge on any atom is -0.296 e. The van der Waals surface area contributed by atoms with Crippen LogP contribution in [0.25, 0.3) is 0 Å². The average molecular weight is 224 g/mol. The summed E-state index contributed by atoms with van der Waals surface area (Å²) in [6, 6.07) is 1.95. The molecule has 4 heteroatoms. The van der Waals surface area contributed by atoms with Crippen LogP contribution in [0.4, 0.5) is 0 Å². The maximum Gasteiger partial charge on any atom is 0.347 e. The summed E-state index contributed by atoms with van der Waals surface area (Å²) in [5.41, 5.74) is 1.93. The second-order valence-electron chi connectivity index (χ2n) is 4.57. The lowest BCUT2D eigenvalue weighted by atomic mass is 10.1. The van der Waals surface area contributed by atoms with E-state index in [9.17, 15) is 4.79 Å². The van der Waals surface area contributed by atoms with E-state index in [1.165, 1.54) is 12.8 Å². The summed E-state index contributed by atoms with van der Waals surface area (Å²) in [7, 11) is 0. The fourth-order valence-electron chi connectivity index (χ4n) is 1.85. The molecule has 0 amide bonds. The average Bonchev–Trinajstić information content (AvgIpc) is 2.92. The van der Waals surface area contributed by atoms with Crippen LogP contribution in [0.1, 0.15) is 24.2 Å². The number of thiol groups is 1. The van der Waals surface area contributed by atoms with Crippen molar-refractivity contribution in [3.05, 3.63) is 27.9 Å². The molecule has 0 unspecified atom stereocenters. The topological polar surface area (TPSA) is 34.9 Å². The molecule has 2 rings (SSSR count). The smallest absolute Gasteiger partial charge is 0.296 e. The lowest BCUT2D eigenvalue weighted by molar-refractivity contribution is 0.449. The largest absolute Gasteiger partial charge is 0.347 e. The second kappa shape index (κ2) is 3.67. The van der Waals surface area contributed by atoms with Crippen LogP contribution in [-0.2, 0) is 6.54 Å². The number of hydrogen-bond acceptors (Lipinski definition) is 3. The maximum atomic E-state index is 11.7. The van der Waals surface area contributed by atoms with Crippen LogP contribution in [-0.4, -0.2) is 15.3 Å². The highest BCUT2D eigenvalue weighted by Gasteiger charge is 2.41. The van der Waals surface area contributed by atoms with Crippen LogP contribution in [0.2, 0.25) is 0 Å². The molecule has 0 aliphatic heterocycles. The summed E-state index contributed by atoms with van der Waals surface area (Å²) in [6.07, 6.45) is 2.35. The SMILES string of the molecule is Cc1cc(C)n(CC2(CS)CC2)c(=O)n1. The van der Waals surface area contributed by atoms with Gasteiger partial charge in [0.05, 0.1) is 0 Å². The zero-order valence-electron chi connectivity index (χ0n) is 9.16. The molecule has 1 aliphatic carbocycles. The third kappa shape index (κ3) is 2.09. The summed E-state index contributed by atoms with van der Waals surface area (Å²) in [4.78, 5) is 15.7. The highest BCUT2D eigenvalue weighted by Crippen LogP contribution is 2.47. The first kappa shape index (κ1) is 10.7. The summed E-state index contributed by atoms with van der Waals surface area (Å²) in [5, 5.41) is 0. The first-order valence-electron chi connectivity index (χ1n) is 5.22. The zero-order chi connectivity index (χ0) is 11.1. The number of hydrogen-bond donors (Lipinski definition) is 1. The third-order valence-electron chi connectivity index (χ3n) is 3.13. The van der Waals surface area contributed by atoms with Gasteiger partial charge in [0, 0.05) is 17.9 Å². The van der Waals surface area contributed by atoms with Gasteiger partial charge in [0.15, 0.2) is 0 Å². The third-order valence-corrected chi connectivity index (χ3v) is 3.80. The van der Waals surface area contributed by atoms with E-state index in [0.29, 0.717) is 0 Å². The van der Waals surface area contributed by atoms with Crippen molar-refractivity contribution in [2.75, 3.05) is 5.75 Å². The van der Waals surface area contributed by atoms with Gasteiger partial charge in [-0.25, -0.2) is 4.79 Å². The highest BCUT2D eigenvalue weighted by molar-refractivity contribution is 7.80. The van der Waals surface area contributed by atoms with Crippen LogP contribution in [0, 0.1) is 19.3 Å². The van der Waals surface area contributed by atoms with Crippen LogP contribution in [0.3, 0.4) is 0 Å². The van der Waals surface area contributed by atoms with E-state index in [-0.39, 0.29) is 11.1 Å². The summed E-state index contributed by atoms with van der Waals surface area (Å²) >= 11 is 4.35. The summed E-state index contributed by atoms with van der Waals surface area (Å²) in [6.45, 7) is 4.59. The summed E-state index contributed by atoms with van der Waals surface area (Å²) in [5.74, 6) is 0.854. The number of aryl methyl sites for hydroxylation is 2. The van der Waals surface area contributed by atoms with Gasteiger partial charge >= 0.3 is 5.69 Å². The van der Waals surface area contributed by atoms with Crippen molar-refractivity contribution in [3.8, 4) is 0 Å². The molecule has 1 aromatic heterocycles. The van der Waals surface area contributed by atoms with Crippen LogP contribution in [0.15, 0.2) is 10.9 Å². The van der Waals surface area contributed by atoms with Crippen LogP contribution < -0.4 is 5.69 Å². The van der Waals surface area contributed by atoms with Gasteiger partial charge in [-0.15, -0.1) is 0 Å². The van der Waals surface area contributed by atoms with E-state index >= 15 is 0 Å². The first-order chi connectivity index (χ1) is 7.06. The maximum absolute atomic E-state index is 11.7. The van der Waals surface area contributed by atoms with Gasteiger partial charge < -0.3 is 0 Å². The molecule has 0 N–H and O–H groups in total. The van der Waals surface area contributed by atoms with Crippen molar-refractivity contribution >= 4 is 12.6 Å². The molecule has 0 radical (unpaired) electrons. The quantitative estimate of drug-likeness (QED) is 0.791. The Balaban J connectivity index is 2.33. The van der Waals surface area contributed by atoms with Gasteiger partial charge in [0.1, 0.15) is 0 Å². The molecular formula is C11H16N2OS.